The van der Waals surface area contributed by atoms with Crippen LogP contribution >= 0.6 is 12.6 Å². The number of ether oxygens (including phenoxy) is 2. The standard InChI is InChI=1S/C29H36O4S/c1-5-29(3,4)28(31)33-26-21-12-19-13-22(26)15-20(14-21)25(19)27(30)32-16(2)17-9-10-23-18(11-17)7-6-8-24(23)34/h6-11,16,19-22,25-26,34H,5,12-15H2,1-4H3. The van der Waals surface area contributed by atoms with Crippen molar-refractivity contribution in [3.8, 4) is 0 Å². The molecule has 4 bridgehead atoms. The van der Waals surface area contributed by atoms with Gasteiger partial charge in [0.05, 0.1) is 11.3 Å². The maximum absolute atomic E-state index is 13.3. The molecule has 0 spiro atoms. The monoisotopic (exact) mass is 480 g/mol. The molecule has 4 aliphatic carbocycles. The maximum Gasteiger partial charge on any atom is 0.311 e. The first kappa shape index (κ1) is 23.7. The quantitative estimate of drug-likeness (QED) is 0.366. The lowest BCUT2D eigenvalue weighted by Crippen LogP contribution is -2.56. The van der Waals surface area contributed by atoms with Gasteiger partial charge in [-0.3, -0.25) is 9.59 Å². The molecule has 0 amide bonds. The second-order valence-electron chi connectivity index (χ2n) is 11.5. The Kier molecular flexibility index (Phi) is 6.20. The van der Waals surface area contributed by atoms with Crippen molar-refractivity contribution < 1.29 is 19.1 Å². The maximum atomic E-state index is 13.3. The second-order valence-corrected chi connectivity index (χ2v) is 11.9. The summed E-state index contributed by atoms with van der Waals surface area (Å²) in [4.78, 5) is 27.0. The van der Waals surface area contributed by atoms with E-state index in [0.29, 0.717) is 23.7 Å². The molecule has 1 atom stereocenters. The van der Waals surface area contributed by atoms with E-state index >= 15 is 0 Å². The lowest BCUT2D eigenvalue weighted by Gasteiger charge is -2.56. The Balaban J connectivity index is 1.24. The highest BCUT2D eigenvalue weighted by atomic mass is 32.1. The van der Waals surface area contributed by atoms with Crippen LogP contribution < -0.4 is 0 Å². The minimum Gasteiger partial charge on any atom is -0.461 e. The summed E-state index contributed by atoms with van der Waals surface area (Å²) in [6.45, 7) is 7.92. The average Bonchev–Trinajstić information content (AvgIpc) is 2.80. The summed E-state index contributed by atoms with van der Waals surface area (Å²) in [6.07, 6.45) is 4.37. The molecule has 4 nitrogen and oxygen atoms in total. The van der Waals surface area contributed by atoms with Gasteiger partial charge in [-0.05, 0) is 105 Å². The van der Waals surface area contributed by atoms with Gasteiger partial charge in [0.1, 0.15) is 12.2 Å². The lowest BCUT2D eigenvalue weighted by atomic mass is 9.50. The highest BCUT2D eigenvalue weighted by Gasteiger charge is 2.57. The molecule has 4 saturated carbocycles. The number of rotatable bonds is 6. The zero-order valence-corrected chi connectivity index (χ0v) is 21.5. The Labute approximate surface area is 208 Å². The molecule has 182 valence electrons. The zero-order valence-electron chi connectivity index (χ0n) is 20.6. The Morgan fingerprint density at radius 2 is 1.68 bits per heavy atom. The molecule has 2 aromatic carbocycles. The van der Waals surface area contributed by atoms with Crippen LogP contribution in [-0.2, 0) is 19.1 Å². The number of carbonyl (C=O) groups is 2. The van der Waals surface area contributed by atoms with Crippen molar-refractivity contribution in [2.24, 2.45) is 35.0 Å². The SMILES string of the molecule is CCC(C)(C)C(=O)OC1C2CC3CC1CC(C2)C3C(=O)OC(C)c1ccc2c(S)cccc2c1. The molecule has 0 aromatic heterocycles. The van der Waals surface area contributed by atoms with Gasteiger partial charge in [0.25, 0.3) is 0 Å². The first-order valence-corrected chi connectivity index (χ1v) is 13.3. The number of hydrogen-bond donors (Lipinski definition) is 1. The van der Waals surface area contributed by atoms with Crippen LogP contribution in [0.4, 0.5) is 0 Å². The molecular formula is C29H36O4S. The molecule has 0 saturated heterocycles. The largest absolute Gasteiger partial charge is 0.461 e. The summed E-state index contributed by atoms with van der Waals surface area (Å²) in [5, 5.41) is 2.21. The number of fused-ring (bicyclic) bond motifs is 1. The van der Waals surface area contributed by atoms with E-state index < -0.39 is 5.41 Å². The highest BCUT2D eigenvalue weighted by Crippen LogP contribution is 2.58. The van der Waals surface area contributed by atoms with Crippen LogP contribution in [0.15, 0.2) is 41.3 Å². The van der Waals surface area contributed by atoms with Gasteiger partial charge in [-0.25, -0.2) is 0 Å². The number of hydrogen-bond acceptors (Lipinski definition) is 5. The molecule has 0 heterocycles. The molecule has 6 rings (SSSR count). The van der Waals surface area contributed by atoms with Crippen LogP contribution in [0.5, 0.6) is 0 Å². The van der Waals surface area contributed by atoms with Crippen molar-refractivity contribution in [2.45, 2.75) is 76.9 Å². The van der Waals surface area contributed by atoms with E-state index in [0.717, 1.165) is 53.3 Å². The van der Waals surface area contributed by atoms with Crippen molar-refractivity contribution in [1.29, 1.82) is 0 Å². The zero-order chi connectivity index (χ0) is 24.2. The van der Waals surface area contributed by atoms with Gasteiger partial charge < -0.3 is 9.47 Å². The summed E-state index contributed by atoms with van der Waals surface area (Å²) in [5.41, 5.74) is 0.572. The Morgan fingerprint density at radius 1 is 1.03 bits per heavy atom. The first-order chi connectivity index (χ1) is 16.2. The molecule has 4 aliphatic rings. The lowest BCUT2D eigenvalue weighted by molar-refractivity contribution is -0.195. The van der Waals surface area contributed by atoms with Crippen molar-refractivity contribution in [2.75, 3.05) is 0 Å². The normalized spacial score (nSPS) is 30.9. The van der Waals surface area contributed by atoms with Crippen molar-refractivity contribution in [1.82, 2.24) is 0 Å². The summed E-state index contributed by atoms with van der Waals surface area (Å²) in [5.74, 6) is 1.32. The Hall–Kier alpha value is -2.01. The van der Waals surface area contributed by atoms with Crippen molar-refractivity contribution in [3.05, 3.63) is 42.0 Å². The third-order valence-electron chi connectivity index (χ3n) is 8.96. The highest BCUT2D eigenvalue weighted by molar-refractivity contribution is 7.80. The predicted octanol–water partition coefficient (Wildman–Crippen LogP) is 6.76. The Bertz CT molecular complexity index is 1080. The number of esters is 2. The fourth-order valence-electron chi connectivity index (χ4n) is 6.70. The molecule has 2 aromatic rings. The van der Waals surface area contributed by atoms with Gasteiger partial charge >= 0.3 is 11.9 Å². The van der Waals surface area contributed by atoms with Crippen LogP contribution in [0, 0.1) is 35.0 Å². The summed E-state index contributed by atoms with van der Waals surface area (Å²) in [7, 11) is 0. The third kappa shape index (κ3) is 4.14. The van der Waals surface area contributed by atoms with Gasteiger partial charge in [-0.2, -0.15) is 0 Å². The van der Waals surface area contributed by atoms with Gasteiger partial charge in [-0.1, -0.05) is 31.2 Å². The third-order valence-corrected chi connectivity index (χ3v) is 9.35. The van der Waals surface area contributed by atoms with E-state index in [-0.39, 0.29) is 30.1 Å². The molecule has 34 heavy (non-hydrogen) atoms. The number of benzene rings is 2. The van der Waals surface area contributed by atoms with Crippen molar-refractivity contribution in [3.63, 3.8) is 0 Å². The second kappa shape index (κ2) is 8.89. The molecule has 0 radical (unpaired) electrons. The predicted molar refractivity (Wildman–Crippen MR) is 136 cm³/mol. The topological polar surface area (TPSA) is 52.6 Å². The smallest absolute Gasteiger partial charge is 0.311 e. The minimum absolute atomic E-state index is 0.0241. The van der Waals surface area contributed by atoms with Crippen LogP contribution in [0.3, 0.4) is 0 Å². The molecule has 0 N–H and O–H groups in total. The molecule has 5 heteroatoms. The van der Waals surface area contributed by atoms with E-state index in [1.807, 2.05) is 45.9 Å². The van der Waals surface area contributed by atoms with Crippen LogP contribution in [0.25, 0.3) is 10.8 Å². The Morgan fingerprint density at radius 3 is 2.29 bits per heavy atom. The van der Waals surface area contributed by atoms with E-state index in [1.165, 1.54) is 0 Å². The number of thiol groups is 1. The van der Waals surface area contributed by atoms with Crippen LogP contribution in [0.2, 0.25) is 0 Å². The van der Waals surface area contributed by atoms with Crippen LogP contribution in [-0.4, -0.2) is 18.0 Å². The van der Waals surface area contributed by atoms with Gasteiger partial charge in [0.15, 0.2) is 0 Å². The molecule has 0 aliphatic heterocycles. The summed E-state index contributed by atoms with van der Waals surface area (Å²) in [6, 6.07) is 12.2. The first-order valence-electron chi connectivity index (χ1n) is 12.8. The van der Waals surface area contributed by atoms with Crippen LogP contribution in [0.1, 0.15) is 71.5 Å². The van der Waals surface area contributed by atoms with Gasteiger partial charge in [0, 0.05) is 4.90 Å². The molecule has 1 unspecified atom stereocenters. The number of carbonyl (C=O) groups excluding carboxylic acids is 2. The van der Waals surface area contributed by atoms with E-state index in [1.54, 1.807) is 0 Å². The fraction of sp³-hybridized carbons (Fsp3) is 0.586. The van der Waals surface area contributed by atoms with Gasteiger partial charge in [0.2, 0.25) is 0 Å². The van der Waals surface area contributed by atoms with E-state index in [2.05, 4.69) is 30.8 Å². The van der Waals surface area contributed by atoms with E-state index in [4.69, 9.17) is 9.47 Å². The minimum atomic E-state index is -0.436. The fourth-order valence-corrected chi connectivity index (χ4v) is 6.99. The summed E-state index contributed by atoms with van der Waals surface area (Å²) < 4.78 is 12.1. The van der Waals surface area contributed by atoms with Gasteiger partial charge in [-0.15, -0.1) is 12.6 Å². The summed E-state index contributed by atoms with van der Waals surface area (Å²) >= 11 is 4.54. The average molecular weight is 481 g/mol. The van der Waals surface area contributed by atoms with E-state index in [9.17, 15) is 9.59 Å². The molecule has 4 fully saturated rings. The van der Waals surface area contributed by atoms with Crippen molar-refractivity contribution >= 4 is 35.3 Å². The molecular weight excluding hydrogens is 444 g/mol.